The number of nitrogens with two attached hydrogens (primary N) is 2. The molecular weight excluding hydrogens is 472 g/mol. The van der Waals surface area contributed by atoms with Crippen LogP contribution < -0.4 is 11.1 Å². The van der Waals surface area contributed by atoms with Gasteiger partial charge in [-0.1, -0.05) is 53.7 Å². The number of allylic oxidation sites excluding steroid dienone is 2. The second kappa shape index (κ2) is 13.1. The summed E-state index contributed by atoms with van der Waals surface area (Å²) in [7, 11) is -2.88. The molecule has 0 aliphatic heterocycles. The summed E-state index contributed by atoms with van der Waals surface area (Å²) in [6, 6.07) is 16.3. The Balaban J connectivity index is 1.55. The van der Waals surface area contributed by atoms with Gasteiger partial charge in [0, 0.05) is 31.7 Å². The lowest BCUT2D eigenvalue weighted by Crippen LogP contribution is -2.78. The molecule has 1 aromatic heterocycles. The molecule has 8 nitrogen and oxygen atoms in total. The molecule has 1 heterocycles. The Morgan fingerprint density at radius 1 is 1.20 bits per heavy atom. The monoisotopic (exact) mass is 500 g/mol. The van der Waals surface area contributed by atoms with Crippen LogP contribution in [0.15, 0.2) is 77.5 Å². The standard InChI is InChI=1S/C25H27FN3O5P/c1-32-35(30,31)33-18-28-13-3-5-22(17-27)25-16-24(29-34-25)15-21-11-8-19(9-12-21)7-10-20-4-2-6-23(26)14-20/h2-14,16,28H,15,17-18,27H2,1H3,(H,30,31)/p+1/b10-7+,13-3-,22-5+. The molecule has 3 aromatic rings. The van der Waals surface area contributed by atoms with Crippen LogP contribution in [-0.4, -0.2) is 30.4 Å². The number of hydrogen-bond acceptors (Lipinski definition) is 6. The number of benzene rings is 2. The van der Waals surface area contributed by atoms with Crippen molar-refractivity contribution in [2.75, 3.05) is 20.4 Å². The van der Waals surface area contributed by atoms with Crippen molar-refractivity contribution in [3.8, 4) is 0 Å². The van der Waals surface area contributed by atoms with Crippen molar-refractivity contribution in [1.82, 2.24) is 5.16 Å². The lowest BCUT2D eigenvalue weighted by molar-refractivity contribution is -0.617. The van der Waals surface area contributed by atoms with E-state index in [-0.39, 0.29) is 19.1 Å². The van der Waals surface area contributed by atoms with Gasteiger partial charge in [0.05, 0.1) is 11.9 Å². The number of rotatable bonds is 12. The molecule has 1 atom stereocenters. The van der Waals surface area contributed by atoms with Crippen molar-refractivity contribution >= 4 is 25.5 Å². The van der Waals surface area contributed by atoms with Crippen molar-refractivity contribution in [3.63, 3.8) is 0 Å². The Morgan fingerprint density at radius 3 is 2.69 bits per heavy atom. The molecule has 0 spiro atoms. The van der Waals surface area contributed by atoms with E-state index in [4.69, 9.17) is 19.7 Å². The largest absolute Gasteiger partial charge is 0.476 e. The highest BCUT2D eigenvalue weighted by atomic mass is 31.2. The third kappa shape index (κ3) is 8.84. The van der Waals surface area contributed by atoms with Gasteiger partial charge in [-0.3, -0.25) is 9.84 Å². The molecule has 0 fully saturated rings. The van der Waals surface area contributed by atoms with Crippen LogP contribution >= 0.6 is 7.82 Å². The molecule has 0 aliphatic rings. The van der Waals surface area contributed by atoms with Crippen LogP contribution in [-0.2, 0) is 20.0 Å². The molecule has 5 N–H and O–H groups in total. The van der Waals surface area contributed by atoms with E-state index < -0.39 is 7.82 Å². The van der Waals surface area contributed by atoms with Gasteiger partial charge in [0.15, 0.2) is 12.5 Å². The molecule has 0 radical (unpaired) electrons. The Labute approximate surface area is 203 Å². The summed E-state index contributed by atoms with van der Waals surface area (Å²) in [5, 5.41) is 5.70. The van der Waals surface area contributed by atoms with Gasteiger partial charge >= 0.3 is 7.82 Å². The van der Waals surface area contributed by atoms with Crippen LogP contribution in [0.3, 0.4) is 0 Å². The first-order valence-corrected chi connectivity index (χ1v) is 12.3. The minimum absolute atomic E-state index is 0.0737. The van der Waals surface area contributed by atoms with E-state index in [0.29, 0.717) is 12.2 Å². The zero-order valence-corrected chi connectivity index (χ0v) is 20.1. The van der Waals surface area contributed by atoms with E-state index in [1.165, 1.54) is 12.1 Å². The minimum Gasteiger partial charge on any atom is -0.356 e. The highest BCUT2D eigenvalue weighted by molar-refractivity contribution is 7.47. The Kier molecular flexibility index (Phi) is 9.86. The van der Waals surface area contributed by atoms with Gasteiger partial charge in [-0.2, -0.15) is 0 Å². The van der Waals surface area contributed by atoms with Crippen LogP contribution in [0.1, 0.15) is 28.1 Å². The van der Waals surface area contributed by atoms with Gasteiger partial charge in [-0.05, 0) is 41.0 Å². The van der Waals surface area contributed by atoms with Crippen molar-refractivity contribution in [1.29, 1.82) is 0 Å². The first-order valence-electron chi connectivity index (χ1n) is 10.8. The van der Waals surface area contributed by atoms with Gasteiger partial charge in [0.1, 0.15) is 5.82 Å². The highest BCUT2D eigenvalue weighted by Gasteiger charge is 2.18. The second-order valence-electron chi connectivity index (χ2n) is 7.45. The smallest absolute Gasteiger partial charge is 0.356 e. The van der Waals surface area contributed by atoms with E-state index in [1.54, 1.807) is 29.7 Å². The quantitative estimate of drug-likeness (QED) is 0.114. The fraction of sp³-hybridized carbons (Fsp3) is 0.160. The average molecular weight is 500 g/mol. The number of nitrogens with zero attached hydrogens (tertiary/aromatic N) is 1. The first-order chi connectivity index (χ1) is 16.9. The summed E-state index contributed by atoms with van der Waals surface area (Å²) < 4.78 is 39.0. The van der Waals surface area contributed by atoms with Gasteiger partial charge in [0.2, 0.25) is 0 Å². The third-order valence-corrected chi connectivity index (χ3v) is 5.82. The molecule has 35 heavy (non-hydrogen) atoms. The lowest BCUT2D eigenvalue weighted by Gasteiger charge is -2.05. The number of hydrogen-bond donors (Lipinski definition) is 3. The van der Waals surface area contributed by atoms with E-state index in [0.717, 1.165) is 35.1 Å². The molecule has 184 valence electrons. The minimum atomic E-state index is -3.98. The topological polar surface area (TPSA) is 124 Å². The van der Waals surface area contributed by atoms with E-state index in [1.807, 2.05) is 48.6 Å². The normalized spacial score (nSPS) is 14.1. The molecule has 0 bridgehead atoms. The van der Waals surface area contributed by atoms with E-state index in [2.05, 4.69) is 9.68 Å². The maximum absolute atomic E-state index is 13.3. The molecule has 3 rings (SSSR count). The first kappa shape index (κ1) is 26.4. The summed E-state index contributed by atoms with van der Waals surface area (Å²) in [4.78, 5) is 9.16. The van der Waals surface area contributed by atoms with Gasteiger partial charge in [-0.25, -0.2) is 13.5 Å². The molecule has 0 aliphatic carbocycles. The molecule has 10 heteroatoms. The van der Waals surface area contributed by atoms with Gasteiger partial charge in [-0.15, -0.1) is 0 Å². The zero-order chi connectivity index (χ0) is 25.1. The lowest BCUT2D eigenvalue weighted by atomic mass is 10.1. The number of phosphoric acid groups is 1. The molecule has 0 saturated heterocycles. The van der Waals surface area contributed by atoms with Crippen molar-refractivity contribution in [2.45, 2.75) is 6.42 Å². The highest BCUT2D eigenvalue weighted by Crippen LogP contribution is 2.40. The molecule has 0 amide bonds. The number of phosphoric ester groups is 1. The molecule has 0 saturated carbocycles. The fourth-order valence-corrected chi connectivity index (χ4v) is 3.43. The summed E-state index contributed by atoms with van der Waals surface area (Å²) >= 11 is 0. The maximum Gasteiger partial charge on any atom is 0.476 e. The fourth-order valence-electron chi connectivity index (χ4n) is 3.05. The van der Waals surface area contributed by atoms with Crippen molar-refractivity contribution < 1.29 is 32.7 Å². The van der Waals surface area contributed by atoms with Gasteiger partial charge < -0.3 is 15.2 Å². The van der Waals surface area contributed by atoms with Gasteiger partial charge in [0.25, 0.3) is 0 Å². The SMILES string of the molecule is COP(=O)(O)OC[NH2+]/C=C\C=C(/CN)c1cc(Cc2ccc(/C=C/c3cccc(F)c3)cc2)no1. The van der Waals surface area contributed by atoms with E-state index >= 15 is 0 Å². The molecule has 2 aromatic carbocycles. The molecule has 1 unspecified atom stereocenters. The maximum atomic E-state index is 13.3. The average Bonchev–Trinajstić information content (AvgIpc) is 3.31. The van der Waals surface area contributed by atoms with Crippen LogP contribution in [0.25, 0.3) is 17.7 Å². The van der Waals surface area contributed by atoms with Crippen LogP contribution in [0.5, 0.6) is 0 Å². The van der Waals surface area contributed by atoms with E-state index in [9.17, 15) is 8.96 Å². The number of quaternary nitrogens is 1. The number of halogens is 1. The summed E-state index contributed by atoms with van der Waals surface area (Å²) in [6.45, 7) is 0.174. The third-order valence-electron chi connectivity index (χ3n) is 4.89. The van der Waals surface area contributed by atoms with Crippen molar-refractivity contribution in [3.05, 3.63) is 107 Å². The summed E-state index contributed by atoms with van der Waals surface area (Å²) in [5.41, 5.74) is 10.2. The Hall–Kier alpha value is -3.17. The Bertz CT molecular complexity index is 1240. The predicted octanol–water partition coefficient (Wildman–Crippen LogP) is 3.72. The van der Waals surface area contributed by atoms with Crippen LogP contribution in [0.2, 0.25) is 0 Å². The predicted molar refractivity (Wildman–Crippen MR) is 132 cm³/mol. The van der Waals surface area contributed by atoms with Crippen LogP contribution in [0, 0.1) is 5.82 Å². The van der Waals surface area contributed by atoms with Crippen molar-refractivity contribution in [2.24, 2.45) is 5.73 Å². The second-order valence-corrected chi connectivity index (χ2v) is 9.01. The van der Waals surface area contributed by atoms with Crippen LogP contribution in [0.4, 0.5) is 4.39 Å². The Morgan fingerprint density at radius 2 is 1.97 bits per heavy atom. The summed E-state index contributed by atoms with van der Waals surface area (Å²) in [5.74, 6) is 0.307. The number of aromatic nitrogens is 1. The summed E-state index contributed by atoms with van der Waals surface area (Å²) in [6.07, 6.45) is 9.55. The zero-order valence-electron chi connectivity index (χ0n) is 19.2. The molecular formula is C25H28FN3O5P+.